The molecule has 0 saturated carbocycles. The average Bonchev–Trinajstić information content (AvgIpc) is 2.36. The maximum Gasteiger partial charge on any atom is 0.357 e. The summed E-state index contributed by atoms with van der Waals surface area (Å²) in [5, 5.41) is 0. The Morgan fingerprint density at radius 2 is 1.43 bits per heavy atom. The van der Waals surface area contributed by atoms with Crippen LogP contribution in [0.25, 0.3) is 0 Å². The minimum atomic E-state index is -3.17. The van der Waals surface area contributed by atoms with Crippen molar-refractivity contribution in [1.29, 1.82) is 0 Å². The summed E-state index contributed by atoms with van der Waals surface area (Å²) in [6, 6.07) is 0. The summed E-state index contributed by atoms with van der Waals surface area (Å²) >= 11 is 0. The first-order chi connectivity index (χ1) is 9.79. The molecule has 0 bridgehead atoms. The van der Waals surface area contributed by atoms with Crippen LogP contribution in [-0.2, 0) is 18.0 Å². The van der Waals surface area contributed by atoms with E-state index in [0.29, 0.717) is 13.2 Å². The van der Waals surface area contributed by atoms with E-state index in [9.17, 15) is 4.57 Å². The van der Waals surface area contributed by atoms with E-state index in [0.717, 1.165) is 19.3 Å². The lowest BCUT2D eigenvalue weighted by molar-refractivity contribution is 0.151. The molecule has 1 atom stereocenters. The molecule has 4 nitrogen and oxygen atoms in total. The third-order valence-electron chi connectivity index (χ3n) is 3.02. The summed E-state index contributed by atoms with van der Waals surface area (Å²) in [6.45, 7) is 13.0. The molecule has 0 fully saturated rings. The first kappa shape index (κ1) is 21.3. The van der Waals surface area contributed by atoms with Crippen molar-refractivity contribution in [3.05, 3.63) is 0 Å². The third kappa shape index (κ3) is 9.85. The fourth-order valence-electron chi connectivity index (χ4n) is 2.18. The molecule has 6 heteroatoms. The topological polar surface area (TPSA) is 44.8 Å². The van der Waals surface area contributed by atoms with E-state index < -0.39 is 21.8 Å². The van der Waals surface area contributed by atoms with Gasteiger partial charge in [-0.3, -0.25) is 4.57 Å². The van der Waals surface area contributed by atoms with Gasteiger partial charge in [0.25, 0.3) is 0 Å². The van der Waals surface area contributed by atoms with Crippen molar-refractivity contribution in [2.45, 2.75) is 84.8 Å². The van der Waals surface area contributed by atoms with Gasteiger partial charge in [0.05, 0.1) is 13.2 Å². The second-order valence-corrected chi connectivity index (χ2v) is 12.9. The van der Waals surface area contributed by atoms with Crippen LogP contribution in [0, 0.1) is 0 Å². The summed E-state index contributed by atoms with van der Waals surface area (Å²) in [4.78, 5) is 0. The van der Waals surface area contributed by atoms with Crippen molar-refractivity contribution in [3.8, 4) is 0 Å². The molecule has 0 aliphatic carbocycles. The maximum absolute atomic E-state index is 13.0. The highest BCUT2D eigenvalue weighted by atomic mass is 31.2. The van der Waals surface area contributed by atoms with Gasteiger partial charge in [-0.05, 0) is 39.9 Å². The molecular weight excluding hydrogens is 303 g/mol. The highest BCUT2D eigenvalue weighted by Gasteiger charge is 2.38. The van der Waals surface area contributed by atoms with Gasteiger partial charge in [-0.1, -0.05) is 39.0 Å². The van der Waals surface area contributed by atoms with E-state index in [1.165, 1.54) is 19.3 Å². The Kier molecular flexibility index (Phi) is 11.1. The van der Waals surface area contributed by atoms with Crippen LogP contribution in [0.2, 0.25) is 19.6 Å². The van der Waals surface area contributed by atoms with Gasteiger partial charge < -0.3 is 13.5 Å². The first-order valence-electron chi connectivity index (χ1n) is 8.35. The Labute approximate surface area is 132 Å². The van der Waals surface area contributed by atoms with Crippen molar-refractivity contribution in [2.24, 2.45) is 0 Å². The largest absolute Gasteiger partial charge is 0.404 e. The molecule has 0 aromatic heterocycles. The number of hydrogen-bond donors (Lipinski definition) is 0. The molecule has 0 heterocycles. The first-order valence-corrected chi connectivity index (χ1v) is 13.4. The van der Waals surface area contributed by atoms with Gasteiger partial charge in [-0.2, -0.15) is 0 Å². The summed E-state index contributed by atoms with van der Waals surface area (Å²) in [7, 11) is -4.96. The predicted molar refractivity (Wildman–Crippen MR) is 92.5 cm³/mol. The van der Waals surface area contributed by atoms with Crippen LogP contribution >= 0.6 is 7.60 Å². The predicted octanol–water partition coefficient (Wildman–Crippen LogP) is 5.79. The Morgan fingerprint density at radius 3 is 1.86 bits per heavy atom. The van der Waals surface area contributed by atoms with Crippen molar-refractivity contribution in [1.82, 2.24) is 0 Å². The number of unbranched alkanes of at least 4 members (excludes halogenated alkanes) is 4. The highest BCUT2D eigenvalue weighted by molar-refractivity contribution is 7.54. The molecule has 1 unspecified atom stereocenters. The van der Waals surface area contributed by atoms with E-state index in [1.807, 2.05) is 13.8 Å². The highest BCUT2D eigenvalue weighted by Crippen LogP contribution is 2.55. The molecule has 0 radical (unpaired) electrons. The standard InChI is InChI=1S/C15H35O4PSi/c1-7-10-11-12-13-14-15(19-21(4,5)6)20(16,17-8-2)18-9-3/h15H,7-14H2,1-6H3. The number of hydrogen-bond acceptors (Lipinski definition) is 4. The van der Waals surface area contributed by atoms with Crippen LogP contribution < -0.4 is 0 Å². The van der Waals surface area contributed by atoms with Gasteiger partial charge >= 0.3 is 7.60 Å². The Bertz CT molecular complexity index is 295. The molecule has 0 aromatic rings. The summed E-state index contributed by atoms with van der Waals surface area (Å²) < 4.78 is 30.1. The van der Waals surface area contributed by atoms with Gasteiger partial charge in [-0.15, -0.1) is 0 Å². The zero-order valence-corrected chi connectivity index (χ0v) is 16.7. The minimum Gasteiger partial charge on any atom is -0.404 e. The molecule has 128 valence electrons. The molecule has 0 spiro atoms. The van der Waals surface area contributed by atoms with Crippen LogP contribution in [-0.4, -0.2) is 27.4 Å². The monoisotopic (exact) mass is 338 g/mol. The average molecular weight is 339 g/mol. The van der Waals surface area contributed by atoms with E-state index in [4.69, 9.17) is 13.5 Å². The van der Waals surface area contributed by atoms with Gasteiger partial charge in [-0.25, -0.2) is 0 Å². The SMILES string of the molecule is CCCCCCCC(O[Si](C)(C)C)P(=O)(OCC)OCC. The molecule has 0 rings (SSSR count). The van der Waals surface area contributed by atoms with Crippen LogP contribution in [0.4, 0.5) is 0 Å². The van der Waals surface area contributed by atoms with Gasteiger partial charge in [0.1, 0.15) is 5.85 Å². The molecule has 0 aromatic carbocycles. The second-order valence-electron chi connectivity index (χ2n) is 6.26. The smallest absolute Gasteiger partial charge is 0.357 e. The van der Waals surface area contributed by atoms with Crippen molar-refractivity contribution in [2.75, 3.05) is 13.2 Å². The van der Waals surface area contributed by atoms with E-state index in [-0.39, 0.29) is 0 Å². The van der Waals surface area contributed by atoms with E-state index >= 15 is 0 Å². The van der Waals surface area contributed by atoms with Crippen LogP contribution in [0.5, 0.6) is 0 Å². The lowest BCUT2D eigenvalue weighted by atomic mass is 10.1. The molecular formula is C15H35O4PSi. The van der Waals surface area contributed by atoms with Crippen LogP contribution in [0.1, 0.15) is 59.3 Å². The van der Waals surface area contributed by atoms with E-state index in [2.05, 4.69) is 26.6 Å². The lowest BCUT2D eigenvalue weighted by Gasteiger charge is -2.31. The Hall–Kier alpha value is 0.327. The summed E-state index contributed by atoms with van der Waals surface area (Å²) in [5.74, 6) is -0.411. The lowest BCUT2D eigenvalue weighted by Crippen LogP contribution is -2.33. The minimum absolute atomic E-state index is 0.388. The van der Waals surface area contributed by atoms with Crippen molar-refractivity contribution in [3.63, 3.8) is 0 Å². The Morgan fingerprint density at radius 1 is 0.905 bits per heavy atom. The molecule has 0 N–H and O–H groups in total. The maximum atomic E-state index is 13.0. The zero-order chi connectivity index (χ0) is 16.4. The Balaban J connectivity index is 4.72. The van der Waals surface area contributed by atoms with Crippen molar-refractivity contribution >= 4 is 15.9 Å². The normalized spacial score (nSPS) is 14.4. The quantitative estimate of drug-likeness (QED) is 0.242. The van der Waals surface area contributed by atoms with Crippen LogP contribution in [0.15, 0.2) is 0 Å². The summed E-state index contributed by atoms with van der Waals surface area (Å²) in [6.07, 6.45) is 6.63. The van der Waals surface area contributed by atoms with Crippen molar-refractivity contribution < 1.29 is 18.0 Å². The van der Waals surface area contributed by atoms with Gasteiger partial charge in [0.15, 0.2) is 8.32 Å². The van der Waals surface area contributed by atoms with Crippen LogP contribution in [0.3, 0.4) is 0 Å². The molecule has 21 heavy (non-hydrogen) atoms. The van der Waals surface area contributed by atoms with Gasteiger partial charge in [0.2, 0.25) is 0 Å². The molecule has 0 aliphatic rings. The fraction of sp³-hybridized carbons (Fsp3) is 1.00. The zero-order valence-electron chi connectivity index (χ0n) is 14.8. The molecule has 0 aliphatic heterocycles. The third-order valence-corrected chi connectivity index (χ3v) is 6.51. The number of rotatable bonds is 13. The second kappa shape index (κ2) is 11.0. The fourth-order valence-corrected chi connectivity index (χ4v) is 6.20. The summed E-state index contributed by atoms with van der Waals surface area (Å²) in [5.41, 5.74) is 0. The van der Waals surface area contributed by atoms with E-state index in [1.54, 1.807) is 0 Å². The molecule has 0 saturated heterocycles. The van der Waals surface area contributed by atoms with Gasteiger partial charge in [0, 0.05) is 0 Å². The molecule has 0 amide bonds.